The Morgan fingerprint density at radius 1 is 1.08 bits per heavy atom. The van der Waals surface area contributed by atoms with Gasteiger partial charge in [0.25, 0.3) is 0 Å². The molecule has 2 aromatic rings. The van der Waals surface area contributed by atoms with Gasteiger partial charge in [0.1, 0.15) is 17.2 Å². The number of esters is 1. The van der Waals surface area contributed by atoms with Crippen LogP contribution >= 0.6 is 0 Å². The molecule has 1 atom stereocenters. The third-order valence-corrected chi connectivity index (χ3v) is 3.26. The van der Waals surface area contributed by atoms with Crippen LogP contribution in [0.3, 0.4) is 0 Å². The molecule has 0 bridgehead atoms. The molecule has 0 unspecified atom stereocenters. The van der Waals surface area contributed by atoms with Crippen LogP contribution in [0.2, 0.25) is 0 Å². The van der Waals surface area contributed by atoms with Crippen molar-refractivity contribution in [3.8, 4) is 5.75 Å². The van der Waals surface area contributed by atoms with E-state index in [-0.39, 0.29) is 5.56 Å². The number of methoxy groups -OCH3 is 1. The third-order valence-electron chi connectivity index (χ3n) is 3.26. The monoisotopic (exact) mass is 331 g/mol. The summed E-state index contributed by atoms with van der Waals surface area (Å²) in [6.07, 6.45) is 0. The van der Waals surface area contributed by atoms with Crippen LogP contribution in [0.15, 0.2) is 48.5 Å². The van der Waals surface area contributed by atoms with E-state index >= 15 is 0 Å². The molecule has 0 fully saturated rings. The number of carbonyl (C=O) groups excluding carboxylic acids is 1. The smallest absolute Gasteiger partial charge is 0.333 e. The molecule has 1 N–H and O–H groups in total. The van der Waals surface area contributed by atoms with Crippen molar-refractivity contribution in [2.24, 2.45) is 0 Å². The molecule has 2 rings (SSSR count). The van der Waals surface area contributed by atoms with E-state index in [1.807, 2.05) is 0 Å². The van der Waals surface area contributed by atoms with Gasteiger partial charge in [0, 0.05) is 11.3 Å². The first-order valence-corrected chi connectivity index (χ1v) is 7.68. The second-order valence-electron chi connectivity index (χ2n) is 6.36. The highest BCUT2D eigenvalue weighted by molar-refractivity contribution is 5.81. The maximum absolute atomic E-state index is 14.2. The molecule has 0 aromatic heterocycles. The van der Waals surface area contributed by atoms with Crippen molar-refractivity contribution in [1.29, 1.82) is 0 Å². The minimum atomic E-state index is -0.946. The van der Waals surface area contributed by atoms with Gasteiger partial charge in [-0.3, -0.25) is 0 Å². The Kier molecular flexibility index (Phi) is 5.44. The van der Waals surface area contributed by atoms with E-state index in [0.29, 0.717) is 11.4 Å². The molecule has 0 spiro atoms. The summed E-state index contributed by atoms with van der Waals surface area (Å²) in [5, 5.41) is 3.04. The average Bonchev–Trinajstić information content (AvgIpc) is 2.52. The first-order chi connectivity index (χ1) is 11.3. The molecule has 0 heterocycles. The average molecular weight is 331 g/mol. The fourth-order valence-electron chi connectivity index (χ4n) is 2.19. The van der Waals surface area contributed by atoms with Gasteiger partial charge in [-0.25, -0.2) is 9.18 Å². The number of benzene rings is 2. The normalized spacial score (nSPS) is 12.4. The molecule has 24 heavy (non-hydrogen) atoms. The number of carbonyl (C=O) groups is 1. The maximum Gasteiger partial charge on any atom is 0.333 e. The second-order valence-corrected chi connectivity index (χ2v) is 6.36. The third kappa shape index (κ3) is 4.72. The fourth-order valence-corrected chi connectivity index (χ4v) is 2.19. The molecule has 2 aromatic carbocycles. The van der Waals surface area contributed by atoms with Crippen LogP contribution in [-0.2, 0) is 9.53 Å². The van der Waals surface area contributed by atoms with Crippen LogP contribution in [0.1, 0.15) is 32.4 Å². The van der Waals surface area contributed by atoms with Gasteiger partial charge in [0.15, 0.2) is 6.04 Å². The van der Waals surface area contributed by atoms with Crippen LogP contribution < -0.4 is 10.1 Å². The lowest BCUT2D eigenvalue weighted by Crippen LogP contribution is -2.31. The summed E-state index contributed by atoms with van der Waals surface area (Å²) in [4.78, 5) is 12.6. The van der Waals surface area contributed by atoms with E-state index in [9.17, 15) is 9.18 Å². The van der Waals surface area contributed by atoms with Crippen LogP contribution in [0.4, 0.5) is 10.1 Å². The lowest BCUT2D eigenvalue weighted by atomic mass is 10.1. The Balaban J connectivity index is 2.31. The van der Waals surface area contributed by atoms with Crippen molar-refractivity contribution in [3.63, 3.8) is 0 Å². The lowest BCUT2D eigenvalue weighted by molar-refractivity contribution is -0.156. The second kappa shape index (κ2) is 7.34. The topological polar surface area (TPSA) is 47.6 Å². The van der Waals surface area contributed by atoms with E-state index < -0.39 is 23.4 Å². The number of nitrogens with one attached hydrogen (secondary N) is 1. The molecule has 4 nitrogen and oxygen atoms in total. The van der Waals surface area contributed by atoms with Gasteiger partial charge in [-0.05, 0) is 51.1 Å². The minimum absolute atomic E-state index is 0.238. The van der Waals surface area contributed by atoms with Crippen molar-refractivity contribution in [2.45, 2.75) is 32.4 Å². The highest BCUT2D eigenvalue weighted by Gasteiger charge is 2.28. The summed E-state index contributed by atoms with van der Waals surface area (Å²) in [5.41, 5.74) is 0.236. The summed E-state index contributed by atoms with van der Waals surface area (Å²) < 4.78 is 24.7. The summed E-state index contributed by atoms with van der Waals surface area (Å²) >= 11 is 0. The van der Waals surface area contributed by atoms with Crippen molar-refractivity contribution in [1.82, 2.24) is 0 Å². The highest BCUT2D eigenvalue weighted by atomic mass is 19.1. The number of rotatable bonds is 5. The summed E-state index contributed by atoms with van der Waals surface area (Å²) in [7, 11) is 1.57. The fraction of sp³-hybridized carbons (Fsp3) is 0.316. The van der Waals surface area contributed by atoms with Crippen LogP contribution in [-0.4, -0.2) is 18.7 Å². The highest BCUT2D eigenvalue weighted by Crippen LogP contribution is 2.26. The number of hydrogen-bond acceptors (Lipinski definition) is 4. The van der Waals surface area contributed by atoms with Crippen LogP contribution in [0, 0.1) is 5.82 Å². The van der Waals surface area contributed by atoms with Crippen LogP contribution in [0.25, 0.3) is 0 Å². The first kappa shape index (κ1) is 17.8. The van der Waals surface area contributed by atoms with Crippen molar-refractivity contribution in [3.05, 3.63) is 59.9 Å². The zero-order chi connectivity index (χ0) is 17.7. The standard InChI is InChI=1S/C19H22FNO3/c1-19(2,3)24-18(22)17(15-7-5-6-8-16(15)20)21-13-9-11-14(23-4)12-10-13/h5-12,17,21H,1-4H3/t17-/m0/s1. The van der Waals surface area contributed by atoms with E-state index in [2.05, 4.69) is 5.32 Å². The number of ether oxygens (including phenoxy) is 2. The van der Waals surface area contributed by atoms with Crippen molar-refractivity contribution < 1.29 is 18.7 Å². The van der Waals surface area contributed by atoms with E-state index in [1.54, 1.807) is 70.3 Å². The number of hydrogen-bond donors (Lipinski definition) is 1. The van der Waals surface area contributed by atoms with E-state index in [0.717, 1.165) is 0 Å². The van der Waals surface area contributed by atoms with Gasteiger partial charge >= 0.3 is 5.97 Å². The molecule has 0 saturated heterocycles. The van der Waals surface area contributed by atoms with Gasteiger partial charge in [0.05, 0.1) is 7.11 Å². The predicted octanol–water partition coefficient (Wildman–Crippen LogP) is 4.33. The maximum atomic E-state index is 14.2. The van der Waals surface area contributed by atoms with E-state index in [1.165, 1.54) is 6.07 Å². The SMILES string of the molecule is COc1ccc(N[C@H](C(=O)OC(C)(C)C)c2ccccc2F)cc1. The van der Waals surface area contributed by atoms with Gasteiger partial charge in [-0.1, -0.05) is 18.2 Å². The Bertz CT molecular complexity index is 693. The van der Waals surface area contributed by atoms with Crippen LogP contribution in [0.5, 0.6) is 5.75 Å². The quantitative estimate of drug-likeness (QED) is 0.829. The molecular formula is C19H22FNO3. The Labute approximate surface area is 141 Å². The number of halogens is 1. The molecule has 128 valence electrons. The zero-order valence-electron chi connectivity index (χ0n) is 14.3. The Morgan fingerprint density at radius 2 is 1.71 bits per heavy atom. The summed E-state index contributed by atoms with van der Waals surface area (Å²) in [6.45, 7) is 5.32. The molecule has 5 heteroatoms. The minimum Gasteiger partial charge on any atom is -0.497 e. The number of anilines is 1. The summed E-state index contributed by atoms with van der Waals surface area (Å²) in [6, 6.07) is 12.3. The van der Waals surface area contributed by atoms with Gasteiger partial charge in [-0.2, -0.15) is 0 Å². The van der Waals surface area contributed by atoms with Gasteiger partial charge < -0.3 is 14.8 Å². The molecule has 0 saturated carbocycles. The summed E-state index contributed by atoms with van der Waals surface area (Å²) in [5.74, 6) is -0.307. The molecule has 0 aliphatic rings. The first-order valence-electron chi connectivity index (χ1n) is 7.68. The molecule has 0 aliphatic heterocycles. The van der Waals surface area contributed by atoms with Crippen molar-refractivity contribution >= 4 is 11.7 Å². The largest absolute Gasteiger partial charge is 0.497 e. The Hall–Kier alpha value is -2.56. The predicted molar refractivity (Wildman–Crippen MR) is 91.6 cm³/mol. The lowest BCUT2D eigenvalue weighted by Gasteiger charge is -2.25. The molecular weight excluding hydrogens is 309 g/mol. The molecule has 0 aliphatic carbocycles. The van der Waals surface area contributed by atoms with Gasteiger partial charge in [-0.15, -0.1) is 0 Å². The molecule has 0 radical (unpaired) electrons. The molecule has 0 amide bonds. The Morgan fingerprint density at radius 3 is 2.25 bits per heavy atom. The van der Waals surface area contributed by atoms with Gasteiger partial charge in [0.2, 0.25) is 0 Å². The van der Waals surface area contributed by atoms with E-state index in [4.69, 9.17) is 9.47 Å². The zero-order valence-corrected chi connectivity index (χ0v) is 14.3. The van der Waals surface area contributed by atoms with Crippen molar-refractivity contribution in [2.75, 3.05) is 12.4 Å².